The highest BCUT2D eigenvalue weighted by Crippen LogP contribution is 2.40. The molecule has 3 heteroatoms. The third kappa shape index (κ3) is 5.86. The summed E-state index contributed by atoms with van der Waals surface area (Å²) in [4.78, 5) is 15.3. The molecule has 240 valence electrons. The van der Waals surface area contributed by atoms with Gasteiger partial charge in [-0.25, -0.2) is 15.0 Å². The Morgan fingerprint density at radius 1 is 0.540 bits per heavy atom. The SMILES string of the molecule is C1=CCCC(C2C=CC(c3cc(-c4nc(-c5ccccc5)nc(-c5ccccc5)n4)cc(-c4cc5c(c6ccccc46)CCC=C5)c3)=CC2)=C1. The molecule has 3 aliphatic rings. The molecular formula is C47H37N3. The smallest absolute Gasteiger partial charge is 0.164 e. The first-order chi connectivity index (χ1) is 24.8. The summed E-state index contributed by atoms with van der Waals surface area (Å²) >= 11 is 0. The van der Waals surface area contributed by atoms with E-state index in [4.69, 9.17) is 15.0 Å². The predicted octanol–water partition coefficient (Wildman–Crippen LogP) is 11.9. The molecule has 0 saturated carbocycles. The Hall–Kier alpha value is -5.93. The molecule has 6 aromatic rings. The van der Waals surface area contributed by atoms with Gasteiger partial charge < -0.3 is 0 Å². The number of allylic oxidation sites excluding steroid dienone is 9. The Kier molecular flexibility index (Phi) is 7.94. The number of hydrogen-bond donors (Lipinski definition) is 0. The topological polar surface area (TPSA) is 38.7 Å². The molecule has 0 amide bonds. The number of nitrogens with zero attached hydrogens (tertiary/aromatic N) is 3. The van der Waals surface area contributed by atoms with Crippen molar-refractivity contribution < 1.29 is 0 Å². The van der Waals surface area contributed by atoms with Gasteiger partial charge in [0.2, 0.25) is 0 Å². The van der Waals surface area contributed by atoms with Gasteiger partial charge in [0.05, 0.1) is 0 Å². The van der Waals surface area contributed by atoms with Gasteiger partial charge in [0.1, 0.15) is 0 Å². The third-order valence-electron chi connectivity index (χ3n) is 10.2. The van der Waals surface area contributed by atoms with E-state index in [1.165, 1.54) is 44.2 Å². The van der Waals surface area contributed by atoms with Crippen LogP contribution in [0.3, 0.4) is 0 Å². The third-order valence-corrected chi connectivity index (χ3v) is 10.2. The molecule has 0 N–H and O–H groups in total. The Morgan fingerprint density at radius 3 is 1.86 bits per heavy atom. The van der Waals surface area contributed by atoms with Crippen LogP contribution in [0.4, 0.5) is 0 Å². The van der Waals surface area contributed by atoms with E-state index in [1.54, 1.807) is 0 Å². The minimum Gasteiger partial charge on any atom is -0.208 e. The van der Waals surface area contributed by atoms with Gasteiger partial charge in [0, 0.05) is 22.6 Å². The zero-order valence-electron chi connectivity index (χ0n) is 28.0. The molecule has 5 aromatic carbocycles. The van der Waals surface area contributed by atoms with Gasteiger partial charge in [-0.3, -0.25) is 0 Å². The summed E-state index contributed by atoms with van der Waals surface area (Å²) in [6, 6.07) is 38.6. The normalized spacial score (nSPS) is 16.6. The van der Waals surface area contributed by atoms with E-state index in [1.807, 2.05) is 36.4 Å². The minimum absolute atomic E-state index is 0.452. The lowest BCUT2D eigenvalue weighted by molar-refractivity contribution is 0.713. The van der Waals surface area contributed by atoms with E-state index >= 15 is 0 Å². The van der Waals surface area contributed by atoms with Gasteiger partial charge in [-0.1, -0.05) is 139 Å². The van der Waals surface area contributed by atoms with Crippen molar-refractivity contribution in [3.05, 3.63) is 174 Å². The van der Waals surface area contributed by atoms with E-state index < -0.39 is 0 Å². The average molecular weight is 644 g/mol. The quantitative estimate of drug-likeness (QED) is 0.181. The second-order valence-corrected chi connectivity index (χ2v) is 13.4. The molecule has 0 bridgehead atoms. The van der Waals surface area contributed by atoms with Crippen LogP contribution in [0.5, 0.6) is 0 Å². The monoisotopic (exact) mass is 643 g/mol. The first kappa shape index (κ1) is 30.2. The van der Waals surface area contributed by atoms with Crippen molar-refractivity contribution in [1.29, 1.82) is 0 Å². The zero-order chi connectivity index (χ0) is 33.3. The lowest BCUT2D eigenvalue weighted by Crippen LogP contribution is -2.05. The Bertz CT molecular complexity index is 2340. The van der Waals surface area contributed by atoms with Crippen LogP contribution in [-0.2, 0) is 6.42 Å². The number of aryl methyl sites for hydroxylation is 1. The van der Waals surface area contributed by atoms with Gasteiger partial charge in [-0.2, -0.15) is 0 Å². The fraction of sp³-hybridized carbons (Fsp3) is 0.128. The van der Waals surface area contributed by atoms with Gasteiger partial charge in [-0.15, -0.1) is 0 Å². The van der Waals surface area contributed by atoms with Gasteiger partial charge in [0.15, 0.2) is 17.5 Å². The lowest BCUT2D eigenvalue weighted by Gasteiger charge is -2.22. The van der Waals surface area contributed by atoms with Crippen molar-refractivity contribution in [3.8, 4) is 45.3 Å². The minimum atomic E-state index is 0.452. The molecule has 1 atom stereocenters. The predicted molar refractivity (Wildman–Crippen MR) is 208 cm³/mol. The summed E-state index contributed by atoms with van der Waals surface area (Å²) in [6.45, 7) is 0. The standard InChI is InChI=1S/C47H37N3/c1-4-14-32(15-5-1)33-24-26-34(27-25-33)38-28-39(44-31-37-20-10-11-21-41(37)42-22-12-13-23-43(42)44)30-40(29-38)47-49-45(35-16-6-2-7-17-35)48-46(50-47)36-18-8-3-9-19-36/h1-4,6-10,12-14,16-20,22-24,26-31,33H,5,11,15,21,25H2. The highest BCUT2D eigenvalue weighted by atomic mass is 15.0. The van der Waals surface area contributed by atoms with E-state index in [9.17, 15) is 0 Å². The fourth-order valence-electron chi connectivity index (χ4n) is 7.62. The largest absolute Gasteiger partial charge is 0.208 e. The second-order valence-electron chi connectivity index (χ2n) is 13.4. The molecule has 1 aromatic heterocycles. The van der Waals surface area contributed by atoms with Gasteiger partial charge >= 0.3 is 0 Å². The molecule has 3 nitrogen and oxygen atoms in total. The number of rotatable bonds is 6. The van der Waals surface area contributed by atoms with Crippen LogP contribution in [0, 0.1) is 5.92 Å². The van der Waals surface area contributed by atoms with E-state index in [0.29, 0.717) is 23.4 Å². The van der Waals surface area contributed by atoms with Crippen molar-refractivity contribution in [3.63, 3.8) is 0 Å². The summed E-state index contributed by atoms with van der Waals surface area (Å²) in [6.07, 6.45) is 23.9. The fourth-order valence-corrected chi connectivity index (χ4v) is 7.62. The number of aromatic nitrogens is 3. The van der Waals surface area contributed by atoms with Crippen LogP contribution in [0.15, 0.2) is 157 Å². The highest BCUT2D eigenvalue weighted by Gasteiger charge is 2.20. The van der Waals surface area contributed by atoms with Crippen molar-refractivity contribution in [2.24, 2.45) is 5.92 Å². The summed E-state index contributed by atoms with van der Waals surface area (Å²) < 4.78 is 0. The lowest BCUT2D eigenvalue weighted by atomic mass is 9.83. The van der Waals surface area contributed by atoms with Crippen LogP contribution < -0.4 is 0 Å². The molecule has 3 aliphatic carbocycles. The van der Waals surface area contributed by atoms with E-state index in [2.05, 4.69) is 121 Å². The van der Waals surface area contributed by atoms with Crippen molar-refractivity contribution in [1.82, 2.24) is 15.0 Å². The van der Waals surface area contributed by atoms with Crippen LogP contribution in [-0.4, -0.2) is 15.0 Å². The number of fused-ring (bicyclic) bond motifs is 3. The molecule has 0 spiro atoms. The van der Waals surface area contributed by atoms with Crippen molar-refractivity contribution in [2.45, 2.75) is 32.1 Å². The Balaban J connectivity index is 1.24. The molecule has 1 unspecified atom stereocenters. The first-order valence-corrected chi connectivity index (χ1v) is 17.7. The first-order valence-electron chi connectivity index (χ1n) is 17.7. The van der Waals surface area contributed by atoms with E-state index in [-0.39, 0.29) is 0 Å². The molecule has 0 aliphatic heterocycles. The molecule has 50 heavy (non-hydrogen) atoms. The molecule has 0 saturated heterocycles. The molecule has 0 radical (unpaired) electrons. The summed E-state index contributed by atoms with van der Waals surface area (Å²) in [5.41, 5.74) is 12.0. The zero-order valence-corrected chi connectivity index (χ0v) is 28.0. The molecule has 1 heterocycles. The number of hydrogen-bond acceptors (Lipinski definition) is 3. The van der Waals surface area contributed by atoms with Crippen LogP contribution in [0.2, 0.25) is 0 Å². The maximum absolute atomic E-state index is 5.14. The maximum atomic E-state index is 5.14. The van der Waals surface area contributed by atoms with Gasteiger partial charge in [-0.05, 0) is 101 Å². The molecule has 9 rings (SSSR count). The Labute approximate surface area is 293 Å². The number of benzene rings is 5. The average Bonchev–Trinajstić information content (AvgIpc) is 3.21. The van der Waals surface area contributed by atoms with Crippen LogP contribution in [0.25, 0.3) is 67.7 Å². The Morgan fingerprint density at radius 2 is 1.18 bits per heavy atom. The highest BCUT2D eigenvalue weighted by molar-refractivity contribution is 6.02. The summed E-state index contributed by atoms with van der Waals surface area (Å²) in [5.74, 6) is 2.45. The van der Waals surface area contributed by atoms with E-state index in [0.717, 1.165) is 54.4 Å². The van der Waals surface area contributed by atoms with Gasteiger partial charge in [0.25, 0.3) is 0 Å². The summed E-state index contributed by atoms with van der Waals surface area (Å²) in [5, 5.41) is 2.62. The molecular weight excluding hydrogens is 607 g/mol. The summed E-state index contributed by atoms with van der Waals surface area (Å²) in [7, 11) is 0. The second kappa shape index (κ2) is 13.2. The van der Waals surface area contributed by atoms with Crippen molar-refractivity contribution in [2.75, 3.05) is 0 Å². The van der Waals surface area contributed by atoms with Crippen molar-refractivity contribution >= 4 is 22.4 Å². The molecule has 0 fully saturated rings. The maximum Gasteiger partial charge on any atom is 0.164 e. The van der Waals surface area contributed by atoms with Crippen LogP contribution >= 0.6 is 0 Å². The van der Waals surface area contributed by atoms with Crippen LogP contribution in [0.1, 0.15) is 42.4 Å².